The SMILES string of the molecule is Cc1ccc(C)c(Oc2nnc(C)c(C)c2C(=O)O)c1. The molecule has 0 saturated heterocycles. The van der Waals surface area contributed by atoms with E-state index in [1.807, 2.05) is 32.0 Å². The van der Waals surface area contributed by atoms with Gasteiger partial charge in [-0.05, 0) is 50.5 Å². The molecule has 1 heterocycles. The lowest BCUT2D eigenvalue weighted by Gasteiger charge is -2.12. The molecule has 104 valence electrons. The molecule has 0 fully saturated rings. The molecule has 1 aromatic carbocycles. The van der Waals surface area contributed by atoms with Gasteiger partial charge in [0.15, 0.2) is 0 Å². The van der Waals surface area contributed by atoms with E-state index in [1.165, 1.54) is 0 Å². The summed E-state index contributed by atoms with van der Waals surface area (Å²) in [6.45, 7) is 7.25. The normalized spacial score (nSPS) is 10.4. The third kappa shape index (κ3) is 2.61. The lowest BCUT2D eigenvalue weighted by Crippen LogP contribution is -2.08. The fraction of sp³-hybridized carbons (Fsp3) is 0.267. The molecule has 0 saturated carbocycles. The van der Waals surface area contributed by atoms with Crippen molar-refractivity contribution >= 4 is 5.97 Å². The van der Waals surface area contributed by atoms with Gasteiger partial charge in [0.2, 0.25) is 0 Å². The molecule has 5 heteroatoms. The van der Waals surface area contributed by atoms with Crippen LogP contribution < -0.4 is 4.74 Å². The number of carbonyl (C=O) groups is 1. The van der Waals surface area contributed by atoms with Crippen LogP contribution in [-0.2, 0) is 0 Å². The molecule has 0 amide bonds. The van der Waals surface area contributed by atoms with Gasteiger partial charge in [0, 0.05) is 0 Å². The molecule has 1 N–H and O–H groups in total. The molecule has 1 aromatic heterocycles. The fourth-order valence-electron chi connectivity index (χ4n) is 1.83. The minimum absolute atomic E-state index is 0.0225. The summed E-state index contributed by atoms with van der Waals surface area (Å²) in [5.74, 6) is -0.458. The predicted molar refractivity (Wildman–Crippen MR) is 74.5 cm³/mol. The maximum absolute atomic E-state index is 11.4. The van der Waals surface area contributed by atoms with Crippen LogP contribution in [0.3, 0.4) is 0 Å². The molecule has 0 unspecified atom stereocenters. The largest absolute Gasteiger partial charge is 0.477 e. The number of aryl methyl sites for hydroxylation is 3. The predicted octanol–water partition coefficient (Wildman–Crippen LogP) is 3.20. The van der Waals surface area contributed by atoms with Crippen LogP contribution in [0.5, 0.6) is 11.6 Å². The smallest absolute Gasteiger partial charge is 0.341 e. The summed E-state index contributed by atoms with van der Waals surface area (Å²) in [5, 5.41) is 17.1. The number of carboxylic acid groups (broad SMARTS) is 1. The number of benzene rings is 1. The van der Waals surface area contributed by atoms with Gasteiger partial charge in [0.1, 0.15) is 11.3 Å². The van der Waals surface area contributed by atoms with Crippen LogP contribution in [0.25, 0.3) is 0 Å². The van der Waals surface area contributed by atoms with E-state index in [-0.39, 0.29) is 11.4 Å². The Morgan fingerprint density at radius 3 is 2.50 bits per heavy atom. The summed E-state index contributed by atoms with van der Waals surface area (Å²) in [6, 6.07) is 5.73. The van der Waals surface area contributed by atoms with Gasteiger partial charge in [0.25, 0.3) is 5.88 Å². The summed E-state index contributed by atoms with van der Waals surface area (Å²) in [4.78, 5) is 11.4. The van der Waals surface area contributed by atoms with Crippen molar-refractivity contribution in [3.8, 4) is 11.6 Å². The van der Waals surface area contributed by atoms with Gasteiger partial charge in [-0.1, -0.05) is 12.1 Å². The summed E-state index contributed by atoms with van der Waals surface area (Å²) >= 11 is 0. The topological polar surface area (TPSA) is 72.3 Å². The molecule has 0 atom stereocenters. The third-order valence-corrected chi connectivity index (χ3v) is 3.19. The highest BCUT2D eigenvalue weighted by atomic mass is 16.5. The first-order chi connectivity index (χ1) is 9.40. The Balaban J connectivity index is 2.51. The van der Waals surface area contributed by atoms with Crippen LogP contribution >= 0.6 is 0 Å². The van der Waals surface area contributed by atoms with E-state index in [0.29, 0.717) is 17.0 Å². The van der Waals surface area contributed by atoms with Gasteiger partial charge in [-0.25, -0.2) is 4.79 Å². The van der Waals surface area contributed by atoms with Gasteiger partial charge >= 0.3 is 5.97 Å². The molecule has 20 heavy (non-hydrogen) atoms. The summed E-state index contributed by atoms with van der Waals surface area (Å²) in [6.07, 6.45) is 0. The first-order valence-corrected chi connectivity index (χ1v) is 6.22. The highest BCUT2D eigenvalue weighted by Gasteiger charge is 2.20. The number of rotatable bonds is 3. The van der Waals surface area contributed by atoms with Crippen LogP contribution in [0.15, 0.2) is 18.2 Å². The Kier molecular flexibility index (Phi) is 3.70. The summed E-state index contributed by atoms with van der Waals surface area (Å²) in [7, 11) is 0. The molecular weight excluding hydrogens is 256 g/mol. The van der Waals surface area contributed by atoms with Crippen LogP contribution in [-0.4, -0.2) is 21.3 Å². The highest BCUT2D eigenvalue weighted by Crippen LogP contribution is 2.28. The van der Waals surface area contributed by atoms with E-state index >= 15 is 0 Å². The molecule has 0 spiro atoms. The van der Waals surface area contributed by atoms with Crippen LogP contribution in [0.4, 0.5) is 0 Å². The Morgan fingerprint density at radius 1 is 1.15 bits per heavy atom. The van der Waals surface area contributed by atoms with E-state index in [0.717, 1.165) is 11.1 Å². The number of hydrogen-bond donors (Lipinski definition) is 1. The van der Waals surface area contributed by atoms with Crippen molar-refractivity contribution in [3.05, 3.63) is 46.1 Å². The average molecular weight is 272 g/mol. The molecule has 5 nitrogen and oxygen atoms in total. The van der Waals surface area contributed by atoms with Crippen molar-refractivity contribution in [1.29, 1.82) is 0 Å². The van der Waals surface area contributed by atoms with Crippen molar-refractivity contribution in [2.75, 3.05) is 0 Å². The Morgan fingerprint density at radius 2 is 1.85 bits per heavy atom. The zero-order chi connectivity index (χ0) is 14.9. The van der Waals surface area contributed by atoms with Crippen molar-refractivity contribution in [2.45, 2.75) is 27.7 Å². The molecule has 0 bridgehead atoms. The van der Waals surface area contributed by atoms with Crippen molar-refractivity contribution in [1.82, 2.24) is 10.2 Å². The lowest BCUT2D eigenvalue weighted by molar-refractivity contribution is 0.0692. The van der Waals surface area contributed by atoms with E-state index < -0.39 is 5.97 Å². The van der Waals surface area contributed by atoms with Gasteiger partial charge in [0.05, 0.1) is 5.69 Å². The number of hydrogen-bond acceptors (Lipinski definition) is 4. The summed E-state index contributed by atoms with van der Waals surface area (Å²) in [5.41, 5.74) is 3.13. The first kappa shape index (κ1) is 14.0. The highest BCUT2D eigenvalue weighted by molar-refractivity contribution is 5.92. The maximum Gasteiger partial charge on any atom is 0.341 e. The summed E-state index contributed by atoms with van der Waals surface area (Å²) < 4.78 is 5.66. The number of ether oxygens (including phenoxy) is 1. The van der Waals surface area contributed by atoms with Crippen LogP contribution in [0.2, 0.25) is 0 Å². The van der Waals surface area contributed by atoms with Crippen molar-refractivity contribution in [3.63, 3.8) is 0 Å². The molecule has 0 aliphatic rings. The second-order valence-corrected chi connectivity index (χ2v) is 4.77. The molecule has 2 aromatic rings. The minimum atomic E-state index is -1.07. The van der Waals surface area contributed by atoms with E-state index in [9.17, 15) is 9.90 Å². The second-order valence-electron chi connectivity index (χ2n) is 4.77. The van der Waals surface area contributed by atoms with Gasteiger partial charge in [-0.15, -0.1) is 5.10 Å². The number of carboxylic acids is 1. The van der Waals surface area contributed by atoms with Crippen LogP contribution in [0, 0.1) is 27.7 Å². The number of aromatic carboxylic acids is 1. The standard InChI is InChI=1S/C15H16N2O3/c1-8-5-6-9(2)12(7-8)20-14-13(15(18)19)10(3)11(4)16-17-14/h5-7H,1-4H3,(H,18,19). The minimum Gasteiger partial charge on any atom is -0.477 e. The Bertz CT molecular complexity index is 681. The fourth-order valence-corrected chi connectivity index (χ4v) is 1.83. The maximum atomic E-state index is 11.4. The van der Waals surface area contributed by atoms with Crippen molar-refractivity contribution in [2.24, 2.45) is 0 Å². The molecule has 0 aliphatic heterocycles. The molecule has 0 aliphatic carbocycles. The van der Waals surface area contributed by atoms with Crippen LogP contribution in [0.1, 0.15) is 32.7 Å². The second kappa shape index (κ2) is 5.28. The quantitative estimate of drug-likeness (QED) is 0.928. The van der Waals surface area contributed by atoms with Gasteiger partial charge in [-0.3, -0.25) is 0 Å². The third-order valence-electron chi connectivity index (χ3n) is 3.19. The molecule has 2 rings (SSSR count). The first-order valence-electron chi connectivity index (χ1n) is 6.22. The number of nitrogens with zero attached hydrogens (tertiary/aromatic N) is 2. The van der Waals surface area contributed by atoms with E-state index in [2.05, 4.69) is 10.2 Å². The Labute approximate surface area is 117 Å². The van der Waals surface area contributed by atoms with Gasteiger partial charge < -0.3 is 9.84 Å². The zero-order valence-corrected chi connectivity index (χ0v) is 11.9. The van der Waals surface area contributed by atoms with E-state index in [1.54, 1.807) is 13.8 Å². The Hall–Kier alpha value is -2.43. The number of aromatic nitrogens is 2. The zero-order valence-electron chi connectivity index (χ0n) is 11.9. The van der Waals surface area contributed by atoms with Gasteiger partial charge in [-0.2, -0.15) is 5.10 Å². The lowest BCUT2D eigenvalue weighted by atomic mass is 10.1. The van der Waals surface area contributed by atoms with Crippen molar-refractivity contribution < 1.29 is 14.6 Å². The molecule has 0 radical (unpaired) electrons. The molecular formula is C15H16N2O3. The monoisotopic (exact) mass is 272 g/mol. The van der Waals surface area contributed by atoms with E-state index in [4.69, 9.17) is 4.74 Å². The average Bonchev–Trinajstić information content (AvgIpc) is 2.38.